The molecule has 1 amide bonds. The molecule has 1 aliphatic rings. The van der Waals surface area contributed by atoms with E-state index in [0.717, 1.165) is 25.1 Å². The number of thiophene rings is 1. The van der Waals surface area contributed by atoms with Gasteiger partial charge in [-0.25, -0.2) is 4.39 Å². The van der Waals surface area contributed by atoms with Crippen LogP contribution in [-0.2, 0) is 11.2 Å². The number of carbonyl (C=O) groups is 2. The number of Topliss-reactive ketones (excluding diaryl/α,β-unsaturated/α-hetero) is 1. The van der Waals surface area contributed by atoms with Crippen molar-refractivity contribution in [3.8, 4) is 0 Å². The van der Waals surface area contributed by atoms with Crippen molar-refractivity contribution in [2.75, 3.05) is 24.5 Å². The molecule has 0 saturated carbocycles. The third kappa shape index (κ3) is 4.45. The Kier molecular flexibility index (Phi) is 5.48. The van der Waals surface area contributed by atoms with Gasteiger partial charge in [0.1, 0.15) is 5.82 Å². The average Bonchev–Trinajstić information content (AvgIpc) is 3.23. The number of anilines is 1. The summed E-state index contributed by atoms with van der Waals surface area (Å²) in [5.74, 6) is 0.0952. The van der Waals surface area contributed by atoms with Gasteiger partial charge in [0, 0.05) is 19.6 Å². The fourth-order valence-electron chi connectivity index (χ4n) is 3.09. The summed E-state index contributed by atoms with van der Waals surface area (Å²) in [5.41, 5.74) is 1.50. The number of para-hydroxylation sites is 1. The molecule has 3 rings (SSSR count). The molecular formula is C19H21FN2O2S. The van der Waals surface area contributed by atoms with Gasteiger partial charge in [0.05, 0.1) is 17.0 Å². The SMILES string of the molecule is CC(=O)c1cc(CC(=O)NC[C@@H]2CCN(c3ccccc3F)C2)cs1. The Labute approximate surface area is 150 Å². The molecule has 1 fully saturated rings. The first-order valence-electron chi connectivity index (χ1n) is 8.37. The van der Waals surface area contributed by atoms with Gasteiger partial charge in [0.2, 0.25) is 5.91 Å². The Morgan fingerprint density at radius 2 is 2.16 bits per heavy atom. The number of hydrogen-bond donors (Lipinski definition) is 1. The first-order chi connectivity index (χ1) is 12.0. The summed E-state index contributed by atoms with van der Waals surface area (Å²) in [6, 6.07) is 8.57. The summed E-state index contributed by atoms with van der Waals surface area (Å²) < 4.78 is 13.8. The average molecular weight is 360 g/mol. The maximum atomic E-state index is 13.8. The van der Waals surface area contributed by atoms with Crippen molar-refractivity contribution in [3.05, 3.63) is 52.0 Å². The number of ketones is 1. The predicted molar refractivity (Wildman–Crippen MR) is 97.8 cm³/mol. The van der Waals surface area contributed by atoms with E-state index in [-0.39, 0.29) is 23.9 Å². The Balaban J connectivity index is 1.46. The Morgan fingerprint density at radius 1 is 1.36 bits per heavy atom. The quantitative estimate of drug-likeness (QED) is 0.805. The highest BCUT2D eigenvalue weighted by molar-refractivity contribution is 7.12. The van der Waals surface area contributed by atoms with Gasteiger partial charge < -0.3 is 10.2 Å². The summed E-state index contributed by atoms with van der Waals surface area (Å²) in [6.07, 6.45) is 1.22. The van der Waals surface area contributed by atoms with Gasteiger partial charge in [-0.3, -0.25) is 9.59 Å². The molecular weight excluding hydrogens is 339 g/mol. The number of carbonyl (C=O) groups excluding carboxylic acids is 2. The predicted octanol–water partition coefficient (Wildman–Crippen LogP) is 3.28. The van der Waals surface area contributed by atoms with Crippen LogP contribution < -0.4 is 10.2 Å². The summed E-state index contributed by atoms with van der Waals surface area (Å²) >= 11 is 1.37. The van der Waals surface area contributed by atoms with Crippen LogP contribution in [0, 0.1) is 11.7 Å². The molecule has 0 bridgehead atoms. The van der Waals surface area contributed by atoms with Crippen LogP contribution in [0.2, 0.25) is 0 Å². The van der Waals surface area contributed by atoms with Crippen LogP contribution in [0.5, 0.6) is 0 Å². The minimum absolute atomic E-state index is 0.0239. The number of nitrogens with one attached hydrogen (secondary N) is 1. The Morgan fingerprint density at radius 3 is 2.88 bits per heavy atom. The number of benzene rings is 1. The highest BCUT2D eigenvalue weighted by atomic mass is 32.1. The standard InChI is InChI=1S/C19H21FN2O2S/c1-13(23)18-8-15(12-25-18)9-19(24)21-10-14-6-7-22(11-14)17-5-3-2-4-16(17)20/h2-5,8,12,14H,6-7,9-11H2,1H3,(H,21,24)/t14-/m0/s1. The molecule has 1 aromatic heterocycles. The molecule has 132 valence electrons. The zero-order valence-electron chi connectivity index (χ0n) is 14.1. The van der Waals surface area contributed by atoms with Crippen molar-refractivity contribution in [3.63, 3.8) is 0 Å². The lowest BCUT2D eigenvalue weighted by Crippen LogP contribution is -2.32. The third-order valence-electron chi connectivity index (χ3n) is 4.43. The normalized spacial score (nSPS) is 16.9. The fourth-order valence-corrected chi connectivity index (χ4v) is 3.90. The minimum atomic E-state index is -0.203. The smallest absolute Gasteiger partial charge is 0.224 e. The van der Waals surface area contributed by atoms with Gasteiger partial charge in [-0.05, 0) is 48.4 Å². The second-order valence-corrected chi connectivity index (χ2v) is 7.32. The van der Waals surface area contributed by atoms with E-state index < -0.39 is 0 Å². The lowest BCUT2D eigenvalue weighted by Gasteiger charge is -2.19. The lowest BCUT2D eigenvalue weighted by atomic mass is 10.1. The van der Waals surface area contributed by atoms with Crippen molar-refractivity contribution in [2.24, 2.45) is 5.92 Å². The van der Waals surface area contributed by atoms with E-state index in [1.807, 2.05) is 16.3 Å². The molecule has 0 unspecified atom stereocenters. The molecule has 4 nitrogen and oxygen atoms in total. The van der Waals surface area contributed by atoms with E-state index in [9.17, 15) is 14.0 Å². The number of rotatable bonds is 6. The van der Waals surface area contributed by atoms with E-state index in [1.54, 1.807) is 18.2 Å². The molecule has 1 aromatic carbocycles. The lowest BCUT2D eigenvalue weighted by molar-refractivity contribution is -0.120. The summed E-state index contributed by atoms with van der Waals surface area (Å²) in [4.78, 5) is 26.1. The van der Waals surface area contributed by atoms with Crippen LogP contribution in [0.4, 0.5) is 10.1 Å². The van der Waals surface area contributed by atoms with Gasteiger partial charge >= 0.3 is 0 Å². The van der Waals surface area contributed by atoms with Crippen molar-refractivity contribution in [1.82, 2.24) is 5.32 Å². The zero-order chi connectivity index (χ0) is 17.8. The van der Waals surface area contributed by atoms with Gasteiger partial charge in [0.25, 0.3) is 0 Å². The molecule has 1 N–H and O–H groups in total. The van der Waals surface area contributed by atoms with Crippen molar-refractivity contribution in [2.45, 2.75) is 19.8 Å². The second-order valence-electron chi connectivity index (χ2n) is 6.41. The molecule has 1 saturated heterocycles. The largest absolute Gasteiger partial charge is 0.369 e. The number of amides is 1. The zero-order valence-corrected chi connectivity index (χ0v) is 14.9. The van der Waals surface area contributed by atoms with Crippen molar-refractivity contribution < 1.29 is 14.0 Å². The van der Waals surface area contributed by atoms with Crippen molar-refractivity contribution in [1.29, 1.82) is 0 Å². The highest BCUT2D eigenvalue weighted by Gasteiger charge is 2.24. The molecule has 1 atom stereocenters. The van der Waals surface area contributed by atoms with E-state index in [1.165, 1.54) is 24.3 Å². The van der Waals surface area contributed by atoms with Crippen LogP contribution in [0.25, 0.3) is 0 Å². The molecule has 2 aromatic rings. The first kappa shape index (κ1) is 17.6. The minimum Gasteiger partial charge on any atom is -0.369 e. The molecule has 2 heterocycles. The van der Waals surface area contributed by atoms with Crippen LogP contribution in [-0.4, -0.2) is 31.3 Å². The number of nitrogens with zero attached hydrogens (tertiary/aromatic N) is 1. The van der Waals surface area contributed by atoms with Gasteiger partial charge in [-0.15, -0.1) is 11.3 Å². The topological polar surface area (TPSA) is 49.4 Å². The summed E-state index contributed by atoms with van der Waals surface area (Å²) in [7, 11) is 0. The third-order valence-corrected chi connectivity index (χ3v) is 5.51. The highest BCUT2D eigenvalue weighted by Crippen LogP contribution is 2.25. The summed E-state index contributed by atoms with van der Waals surface area (Å²) in [6.45, 7) is 3.66. The maximum absolute atomic E-state index is 13.8. The van der Waals surface area contributed by atoms with E-state index >= 15 is 0 Å². The van der Waals surface area contributed by atoms with Crippen LogP contribution >= 0.6 is 11.3 Å². The number of halogens is 1. The molecule has 6 heteroatoms. The first-order valence-corrected chi connectivity index (χ1v) is 9.25. The van der Waals surface area contributed by atoms with Crippen LogP contribution in [0.3, 0.4) is 0 Å². The van der Waals surface area contributed by atoms with Crippen molar-refractivity contribution >= 4 is 28.7 Å². The molecule has 1 aliphatic heterocycles. The molecule has 0 aliphatic carbocycles. The van der Waals surface area contributed by atoms with Crippen LogP contribution in [0.15, 0.2) is 35.7 Å². The second kappa shape index (κ2) is 7.78. The number of hydrogen-bond acceptors (Lipinski definition) is 4. The molecule has 25 heavy (non-hydrogen) atoms. The molecule has 0 spiro atoms. The fraction of sp³-hybridized carbons (Fsp3) is 0.368. The van der Waals surface area contributed by atoms with E-state index in [4.69, 9.17) is 0 Å². The Hall–Kier alpha value is -2.21. The monoisotopic (exact) mass is 360 g/mol. The van der Waals surface area contributed by atoms with Crippen LogP contribution in [0.1, 0.15) is 28.6 Å². The maximum Gasteiger partial charge on any atom is 0.224 e. The van der Waals surface area contributed by atoms with Gasteiger partial charge in [-0.1, -0.05) is 12.1 Å². The molecule has 0 radical (unpaired) electrons. The van der Waals surface area contributed by atoms with Gasteiger partial charge in [-0.2, -0.15) is 0 Å². The Bertz CT molecular complexity index is 774. The van der Waals surface area contributed by atoms with Gasteiger partial charge in [0.15, 0.2) is 5.78 Å². The van der Waals surface area contributed by atoms with E-state index in [0.29, 0.717) is 23.0 Å². The van der Waals surface area contributed by atoms with E-state index in [2.05, 4.69) is 5.32 Å². The summed E-state index contributed by atoms with van der Waals surface area (Å²) in [5, 5.41) is 4.81.